The molecule has 2 N–H and O–H groups in total. The summed E-state index contributed by atoms with van der Waals surface area (Å²) in [5.74, 6) is -0.725. The highest BCUT2D eigenvalue weighted by atomic mass is 79.9. The molecule has 3 aromatic carbocycles. The number of rotatable bonds is 3. The molecule has 0 unspecified atom stereocenters. The Bertz CT molecular complexity index is 1580. The Morgan fingerprint density at radius 1 is 1.03 bits per heavy atom. The van der Waals surface area contributed by atoms with Gasteiger partial charge in [0.15, 0.2) is 5.69 Å². The number of aromatic hydroxyl groups is 1. The van der Waals surface area contributed by atoms with Crippen LogP contribution in [-0.4, -0.2) is 21.0 Å². The summed E-state index contributed by atoms with van der Waals surface area (Å²) in [6.45, 7) is 1.95. The molecule has 0 atom stereocenters. The molecule has 5 rings (SSSR count). The van der Waals surface area contributed by atoms with Crippen molar-refractivity contribution in [1.29, 1.82) is 0 Å². The number of halogens is 2. The maximum Gasteiger partial charge on any atom is 0.296 e. The average Bonchev–Trinajstić information content (AvgIpc) is 3.11. The molecular formula is C25H16BrClN4O2. The van der Waals surface area contributed by atoms with Gasteiger partial charge in [0.05, 0.1) is 22.3 Å². The quantitative estimate of drug-likeness (QED) is 0.239. The predicted molar refractivity (Wildman–Crippen MR) is 133 cm³/mol. The standard InChI is InChI=1S/C25H16BrClN4O2/c1-13-2-8-20-17(10-13)18(12-22(28-20)14-3-5-15(26)6-4-14)24(32)31-30-23-19-11-16(27)7-9-21(19)29-25(23)33/h2-12,29,33H,1H3. The Labute approximate surface area is 202 Å². The fourth-order valence-corrected chi connectivity index (χ4v) is 4.11. The summed E-state index contributed by atoms with van der Waals surface area (Å²) in [5, 5.41) is 20.0. The van der Waals surface area contributed by atoms with Gasteiger partial charge in [-0.1, -0.05) is 51.3 Å². The van der Waals surface area contributed by atoms with Gasteiger partial charge in [-0.3, -0.25) is 4.79 Å². The Balaban J connectivity index is 1.62. The molecule has 0 bridgehead atoms. The third-order valence-electron chi connectivity index (χ3n) is 5.29. The zero-order chi connectivity index (χ0) is 23.1. The van der Waals surface area contributed by atoms with Crippen molar-refractivity contribution in [3.8, 4) is 17.1 Å². The van der Waals surface area contributed by atoms with E-state index in [4.69, 9.17) is 16.6 Å². The molecule has 0 spiro atoms. The third kappa shape index (κ3) is 4.13. The molecule has 2 aromatic heterocycles. The third-order valence-corrected chi connectivity index (χ3v) is 6.05. The van der Waals surface area contributed by atoms with E-state index in [-0.39, 0.29) is 11.6 Å². The zero-order valence-electron chi connectivity index (χ0n) is 17.3. The van der Waals surface area contributed by atoms with Crippen LogP contribution in [-0.2, 0) is 0 Å². The smallest absolute Gasteiger partial charge is 0.296 e. The Kier molecular flexibility index (Phi) is 5.44. The van der Waals surface area contributed by atoms with Crippen molar-refractivity contribution in [2.24, 2.45) is 10.2 Å². The molecule has 162 valence electrons. The molecule has 0 saturated heterocycles. The van der Waals surface area contributed by atoms with Crippen LogP contribution in [0.25, 0.3) is 33.1 Å². The number of carbonyl (C=O) groups is 1. The summed E-state index contributed by atoms with van der Waals surface area (Å²) in [5.41, 5.74) is 4.37. The lowest BCUT2D eigenvalue weighted by molar-refractivity contribution is 0.0996. The lowest BCUT2D eigenvalue weighted by Crippen LogP contribution is -1.99. The molecule has 0 radical (unpaired) electrons. The maximum atomic E-state index is 13.2. The van der Waals surface area contributed by atoms with Gasteiger partial charge < -0.3 is 10.1 Å². The second-order valence-corrected chi connectivity index (χ2v) is 8.95. The van der Waals surface area contributed by atoms with E-state index in [0.29, 0.717) is 38.1 Å². The first-order valence-electron chi connectivity index (χ1n) is 10.0. The summed E-state index contributed by atoms with van der Waals surface area (Å²) in [4.78, 5) is 20.7. The summed E-state index contributed by atoms with van der Waals surface area (Å²) in [7, 11) is 0. The molecule has 0 fully saturated rings. The number of pyridine rings is 1. The molecule has 0 saturated carbocycles. The summed E-state index contributed by atoms with van der Waals surface area (Å²) < 4.78 is 0.950. The van der Waals surface area contributed by atoms with Crippen LogP contribution in [0.2, 0.25) is 5.02 Å². The van der Waals surface area contributed by atoms with Gasteiger partial charge in [0.2, 0.25) is 5.88 Å². The SMILES string of the molecule is Cc1ccc2nc(-c3ccc(Br)cc3)cc(C(=O)N=Nc3c(O)[nH]c4ccc(Cl)cc34)c2c1. The first kappa shape index (κ1) is 21.3. The van der Waals surface area contributed by atoms with Crippen LogP contribution in [0, 0.1) is 6.92 Å². The Morgan fingerprint density at radius 3 is 2.61 bits per heavy atom. The Morgan fingerprint density at radius 2 is 1.82 bits per heavy atom. The normalized spacial score (nSPS) is 11.6. The van der Waals surface area contributed by atoms with Crippen molar-refractivity contribution in [3.05, 3.63) is 87.4 Å². The highest BCUT2D eigenvalue weighted by Crippen LogP contribution is 2.37. The van der Waals surface area contributed by atoms with Gasteiger partial charge in [-0.25, -0.2) is 4.98 Å². The number of azo groups is 1. The Hall–Kier alpha value is -3.55. The highest BCUT2D eigenvalue weighted by molar-refractivity contribution is 9.10. The van der Waals surface area contributed by atoms with E-state index in [1.807, 2.05) is 49.4 Å². The lowest BCUT2D eigenvalue weighted by atomic mass is 10.0. The number of benzene rings is 3. The second-order valence-electron chi connectivity index (χ2n) is 7.60. The summed E-state index contributed by atoms with van der Waals surface area (Å²) in [6, 6.07) is 20.2. The molecule has 0 aliphatic heterocycles. The number of H-pyrrole nitrogens is 1. The molecule has 5 aromatic rings. The minimum absolute atomic E-state index is 0.156. The van der Waals surface area contributed by atoms with Gasteiger partial charge in [-0.15, -0.1) is 10.2 Å². The van der Waals surface area contributed by atoms with Gasteiger partial charge in [-0.2, -0.15) is 0 Å². The van der Waals surface area contributed by atoms with Crippen molar-refractivity contribution >= 4 is 60.9 Å². The van der Waals surface area contributed by atoms with E-state index < -0.39 is 5.91 Å². The number of aromatic amines is 1. The van der Waals surface area contributed by atoms with Gasteiger partial charge in [-0.05, 0) is 55.5 Å². The van der Waals surface area contributed by atoms with E-state index in [1.54, 1.807) is 24.3 Å². The second kappa shape index (κ2) is 8.42. The number of nitrogens with one attached hydrogen (secondary N) is 1. The average molecular weight is 520 g/mol. The van der Waals surface area contributed by atoms with Crippen LogP contribution in [0.3, 0.4) is 0 Å². The van der Waals surface area contributed by atoms with Crippen molar-refractivity contribution < 1.29 is 9.90 Å². The number of aryl methyl sites for hydroxylation is 1. The zero-order valence-corrected chi connectivity index (χ0v) is 19.6. The molecule has 6 nitrogen and oxygen atoms in total. The van der Waals surface area contributed by atoms with E-state index in [2.05, 4.69) is 31.1 Å². The fourth-order valence-electron chi connectivity index (χ4n) is 3.67. The first-order chi connectivity index (χ1) is 15.9. The van der Waals surface area contributed by atoms with Crippen LogP contribution in [0.1, 0.15) is 15.9 Å². The summed E-state index contributed by atoms with van der Waals surface area (Å²) >= 11 is 9.52. The number of aromatic nitrogens is 2. The highest BCUT2D eigenvalue weighted by Gasteiger charge is 2.16. The number of nitrogens with zero attached hydrogens (tertiary/aromatic N) is 3. The fraction of sp³-hybridized carbons (Fsp3) is 0.0400. The minimum atomic E-state index is -0.540. The van der Waals surface area contributed by atoms with Crippen molar-refractivity contribution in [1.82, 2.24) is 9.97 Å². The van der Waals surface area contributed by atoms with Crippen molar-refractivity contribution in [2.45, 2.75) is 6.92 Å². The van der Waals surface area contributed by atoms with E-state index in [0.717, 1.165) is 15.6 Å². The number of amides is 1. The molecule has 1 amide bonds. The van der Waals surface area contributed by atoms with Crippen LogP contribution in [0.4, 0.5) is 5.69 Å². The largest absolute Gasteiger partial charge is 0.493 e. The first-order valence-corrected chi connectivity index (χ1v) is 11.2. The van der Waals surface area contributed by atoms with E-state index in [9.17, 15) is 9.90 Å². The van der Waals surface area contributed by atoms with Crippen molar-refractivity contribution in [3.63, 3.8) is 0 Å². The number of fused-ring (bicyclic) bond motifs is 2. The molecule has 0 aliphatic carbocycles. The van der Waals surface area contributed by atoms with Gasteiger partial charge >= 0.3 is 0 Å². The maximum absolute atomic E-state index is 13.2. The number of hydrogen-bond donors (Lipinski definition) is 2. The van der Waals surface area contributed by atoms with Crippen LogP contribution in [0.5, 0.6) is 5.88 Å². The van der Waals surface area contributed by atoms with E-state index in [1.165, 1.54) is 0 Å². The van der Waals surface area contributed by atoms with E-state index >= 15 is 0 Å². The van der Waals surface area contributed by atoms with Gasteiger partial charge in [0.25, 0.3) is 5.91 Å². The number of carbonyl (C=O) groups excluding carboxylic acids is 1. The van der Waals surface area contributed by atoms with Crippen molar-refractivity contribution in [2.75, 3.05) is 0 Å². The molecule has 8 heteroatoms. The molecule has 33 heavy (non-hydrogen) atoms. The predicted octanol–water partition coefficient (Wildman–Crippen LogP) is 7.74. The molecule has 2 heterocycles. The van der Waals surface area contributed by atoms with Crippen LogP contribution >= 0.6 is 27.5 Å². The van der Waals surface area contributed by atoms with Gasteiger partial charge in [0.1, 0.15) is 0 Å². The monoisotopic (exact) mass is 518 g/mol. The summed E-state index contributed by atoms with van der Waals surface area (Å²) in [6.07, 6.45) is 0. The van der Waals surface area contributed by atoms with Gasteiger partial charge in [0, 0.05) is 25.8 Å². The topological polar surface area (TPSA) is 90.7 Å². The lowest BCUT2D eigenvalue weighted by Gasteiger charge is -2.08. The molecule has 0 aliphatic rings. The minimum Gasteiger partial charge on any atom is -0.493 e. The van der Waals surface area contributed by atoms with Crippen LogP contribution in [0.15, 0.2) is 81.4 Å². The molecular weight excluding hydrogens is 504 g/mol. The van der Waals surface area contributed by atoms with Crippen LogP contribution < -0.4 is 0 Å². The number of hydrogen-bond acceptors (Lipinski definition) is 4.